The van der Waals surface area contributed by atoms with Crippen LogP contribution in [0.1, 0.15) is 23.6 Å². The maximum Gasteiger partial charge on any atom is 0.344 e. The number of carbonyl (C=O) groups is 1. The maximum atomic E-state index is 12.4. The third-order valence-electron chi connectivity index (χ3n) is 4.15. The number of nitrogens with zero attached hydrogens (tertiary/aromatic N) is 1. The van der Waals surface area contributed by atoms with Crippen molar-refractivity contribution in [2.45, 2.75) is 20.8 Å². The van der Waals surface area contributed by atoms with E-state index in [-0.39, 0.29) is 23.7 Å². The molecule has 0 saturated carbocycles. The van der Waals surface area contributed by atoms with Crippen LogP contribution in [0, 0.1) is 13.8 Å². The molecule has 2 N–H and O–H groups in total. The molecule has 5 nitrogen and oxygen atoms in total. The van der Waals surface area contributed by atoms with E-state index in [1.54, 1.807) is 38.1 Å². The molecule has 0 radical (unpaired) electrons. The summed E-state index contributed by atoms with van der Waals surface area (Å²) in [6.45, 7) is 5.69. The van der Waals surface area contributed by atoms with E-state index in [0.29, 0.717) is 15.6 Å². The number of phenols is 1. The number of esters is 1. The van der Waals surface area contributed by atoms with Gasteiger partial charge in [-0.05, 0) is 62.2 Å². The Hall–Kier alpha value is -2.99. The van der Waals surface area contributed by atoms with E-state index in [1.165, 1.54) is 11.8 Å². The van der Waals surface area contributed by atoms with Gasteiger partial charge in [0.25, 0.3) is 0 Å². The largest absolute Gasteiger partial charge is 0.508 e. The van der Waals surface area contributed by atoms with Crippen molar-refractivity contribution in [3.8, 4) is 5.75 Å². The van der Waals surface area contributed by atoms with E-state index >= 15 is 0 Å². The van der Waals surface area contributed by atoms with Crippen molar-refractivity contribution < 1.29 is 19.7 Å². The molecule has 0 saturated heterocycles. The van der Waals surface area contributed by atoms with Gasteiger partial charge in [0.2, 0.25) is 0 Å². The molecule has 0 spiro atoms. The predicted octanol–water partition coefficient (Wildman–Crippen LogP) is 5.20. The van der Waals surface area contributed by atoms with Crippen LogP contribution < -0.4 is 0 Å². The molecule has 1 aliphatic heterocycles. The van der Waals surface area contributed by atoms with Crippen molar-refractivity contribution >= 4 is 34.5 Å². The molecule has 0 bridgehead atoms. The van der Waals surface area contributed by atoms with Gasteiger partial charge in [-0.15, -0.1) is 0 Å². The standard InChI is InChI=1S/C22H21NO4S/c1-4-27-22(26)19-20(25)18(12-15-7-10-17(24)14(3)11-15)28-21(19)23-16-8-5-13(2)6-9-16/h5-12,24-25H,4H2,1-3H3. The van der Waals surface area contributed by atoms with E-state index in [4.69, 9.17) is 4.74 Å². The van der Waals surface area contributed by atoms with Crippen LogP contribution in [0.2, 0.25) is 0 Å². The lowest BCUT2D eigenvalue weighted by Crippen LogP contribution is -2.12. The van der Waals surface area contributed by atoms with Crippen molar-refractivity contribution in [2.75, 3.05) is 6.61 Å². The number of hydrogen-bond acceptors (Lipinski definition) is 6. The van der Waals surface area contributed by atoms with Crippen molar-refractivity contribution in [1.82, 2.24) is 0 Å². The molecule has 0 aliphatic carbocycles. The van der Waals surface area contributed by atoms with Gasteiger partial charge in [-0.1, -0.05) is 35.5 Å². The minimum Gasteiger partial charge on any atom is -0.508 e. The van der Waals surface area contributed by atoms with Crippen molar-refractivity contribution in [2.24, 2.45) is 4.99 Å². The van der Waals surface area contributed by atoms with E-state index in [2.05, 4.69) is 4.99 Å². The molecule has 0 unspecified atom stereocenters. The van der Waals surface area contributed by atoms with Crippen LogP contribution in [0.25, 0.3) is 6.08 Å². The summed E-state index contributed by atoms with van der Waals surface area (Å²) in [6.07, 6.45) is 1.75. The second-order valence-electron chi connectivity index (χ2n) is 6.35. The first-order chi connectivity index (χ1) is 13.4. The molecule has 0 amide bonds. The summed E-state index contributed by atoms with van der Waals surface area (Å²) < 4.78 is 5.11. The second-order valence-corrected chi connectivity index (χ2v) is 7.38. The minimum absolute atomic E-state index is 0.0641. The lowest BCUT2D eigenvalue weighted by Gasteiger charge is -2.04. The van der Waals surface area contributed by atoms with Gasteiger partial charge in [0.05, 0.1) is 17.2 Å². The summed E-state index contributed by atoms with van der Waals surface area (Å²) in [5.41, 5.74) is 3.37. The average Bonchev–Trinajstić information content (AvgIpc) is 2.95. The van der Waals surface area contributed by atoms with Gasteiger partial charge in [0.15, 0.2) is 0 Å². The average molecular weight is 395 g/mol. The number of thioether (sulfide) groups is 1. The Balaban J connectivity index is 2.04. The predicted molar refractivity (Wildman–Crippen MR) is 113 cm³/mol. The molecule has 6 heteroatoms. The summed E-state index contributed by atoms with van der Waals surface area (Å²) in [6, 6.07) is 12.7. The first-order valence-corrected chi connectivity index (χ1v) is 9.66. The Morgan fingerprint density at radius 2 is 1.86 bits per heavy atom. The van der Waals surface area contributed by atoms with E-state index in [0.717, 1.165) is 16.7 Å². The minimum atomic E-state index is -0.608. The number of phenolic OH excluding ortho intramolecular Hbond substituents is 1. The van der Waals surface area contributed by atoms with Crippen LogP contribution in [0.4, 0.5) is 5.69 Å². The lowest BCUT2D eigenvalue weighted by atomic mass is 10.1. The van der Waals surface area contributed by atoms with Gasteiger partial charge < -0.3 is 14.9 Å². The Morgan fingerprint density at radius 3 is 2.50 bits per heavy atom. The number of aryl methyl sites for hydroxylation is 2. The fourth-order valence-corrected chi connectivity index (χ4v) is 3.68. The smallest absolute Gasteiger partial charge is 0.344 e. The lowest BCUT2D eigenvalue weighted by molar-refractivity contribution is -0.138. The molecule has 0 atom stereocenters. The highest BCUT2D eigenvalue weighted by Gasteiger charge is 2.33. The first-order valence-electron chi connectivity index (χ1n) is 8.84. The number of hydrogen-bond donors (Lipinski definition) is 2. The van der Waals surface area contributed by atoms with Gasteiger partial charge in [0.1, 0.15) is 22.1 Å². The molecule has 0 fully saturated rings. The first kappa shape index (κ1) is 19.8. The van der Waals surface area contributed by atoms with Gasteiger partial charge in [-0.3, -0.25) is 0 Å². The van der Waals surface area contributed by atoms with E-state index in [1.807, 2.05) is 31.2 Å². The zero-order chi connectivity index (χ0) is 20.3. The Kier molecular flexibility index (Phi) is 5.90. The number of benzene rings is 2. The summed E-state index contributed by atoms with van der Waals surface area (Å²) in [5, 5.41) is 20.8. The normalized spacial score (nSPS) is 16.8. The number of aliphatic hydroxyl groups is 1. The van der Waals surface area contributed by atoms with Crippen molar-refractivity contribution in [3.63, 3.8) is 0 Å². The number of aliphatic imine (C=N–C) groups is 1. The number of ether oxygens (including phenoxy) is 1. The van der Waals surface area contributed by atoms with Crippen molar-refractivity contribution in [1.29, 1.82) is 0 Å². The highest BCUT2D eigenvalue weighted by atomic mass is 32.2. The number of aromatic hydroxyl groups is 1. The highest BCUT2D eigenvalue weighted by Crippen LogP contribution is 2.40. The summed E-state index contributed by atoms with van der Waals surface area (Å²) >= 11 is 1.21. The van der Waals surface area contributed by atoms with Gasteiger partial charge in [0, 0.05) is 0 Å². The number of aliphatic hydroxyl groups excluding tert-OH is 1. The third-order valence-corrected chi connectivity index (χ3v) is 5.17. The maximum absolute atomic E-state index is 12.4. The van der Waals surface area contributed by atoms with Crippen LogP contribution in [0.15, 0.2) is 63.7 Å². The SMILES string of the molecule is CCOC(=O)C1=C(O)C(=Cc2ccc(O)c(C)c2)SC1=Nc1ccc(C)cc1. The summed E-state index contributed by atoms with van der Waals surface area (Å²) in [5.74, 6) is -0.557. The molecular formula is C22H21NO4S. The second kappa shape index (κ2) is 8.35. The molecule has 0 aromatic heterocycles. The molecule has 2 aromatic rings. The van der Waals surface area contributed by atoms with Crippen molar-refractivity contribution in [3.05, 3.63) is 75.4 Å². The summed E-state index contributed by atoms with van der Waals surface area (Å²) in [4.78, 5) is 17.4. The number of carbonyl (C=O) groups excluding carboxylic acids is 1. The van der Waals surface area contributed by atoms with E-state index in [9.17, 15) is 15.0 Å². The molecule has 28 heavy (non-hydrogen) atoms. The van der Waals surface area contributed by atoms with Crippen LogP contribution >= 0.6 is 11.8 Å². The molecule has 1 heterocycles. The van der Waals surface area contributed by atoms with Crippen LogP contribution in [0.5, 0.6) is 5.75 Å². The van der Waals surface area contributed by atoms with Crippen LogP contribution in [-0.2, 0) is 9.53 Å². The van der Waals surface area contributed by atoms with Gasteiger partial charge >= 0.3 is 5.97 Å². The highest BCUT2D eigenvalue weighted by molar-refractivity contribution is 8.18. The molecular weight excluding hydrogens is 374 g/mol. The Labute approximate surface area is 168 Å². The third kappa shape index (κ3) is 4.28. The molecule has 3 rings (SSSR count). The Bertz CT molecular complexity index is 1000. The van der Waals surface area contributed by atoms with Gasteiger partial charge in [-0.25, -0.2) is 9.79 Å². The zero-order valence-electron chi connectivity index (χ0n) is 15.9. The Morgan fingerprint density at radius 1 is 1.14 bits per heavy atom. The van der Waals surface area contributed by atoms with Crippen LogP contribution in [-0.4, -0.2) is 27.8 Å². The zero-order valence-corrected chi connectivity index (χ0v) is 16.7. The number of rotatable bonds is 4. The van der Waals surface area contributed by atoms with Crippen LogP contribution in [0.3, 0.4) is 0 Å². The molecule has 2 aromatic carbocycles. The van der Waals surface area contributed by atoms with Gasteiger partial charge in [-0.2, -0.15) is 0 Å². The molecule has 144 valence electrons. The monoisotopic (exact) mass is 395 g/mol. The quantitative estimate of drug-likeness (QED) is 0.696. The van der Waals surface area contributed by atoms with E-state index < -0.39 is 5.97 Å². The fourth-order valence-electron chi connectivity index (χ4n) is 2.65. The molecule has 1 aliphatic rings. The fraction of sp³-hybridized carbons (Fsp3) is 0.182. The summed E-state index contributed by atoms with van der Waals surface area (Å²) in [7, 11) is 0. The topological polar surface area (TPSA) is 79.1 Å².